The average molecular weight is 480 g/mol. The van der Waals surface area contributed by atoms with Gasteiger partial charge in [0.2, 0.25) is 0 Å². The van der Waals surface area contributed by atoms with E-state index in [1.54, 1.807) is 6.08 Å². The van der Waals surface area contributed by atoms with E-state index in [0.717, 1.165) is 6.42 Å². The highest BCUT2D eigenvalue weighted by atomic mass is 16.6. The minimum atomic E-state index is -1.57. The van der Waals surface area contributed by atoms with Crippen LogP contribution in [0.15, 0.2) is 12.2 Å². The van der Waals surface area contributed by atoms with E-state index in [1.807, 2.05) is 6.08 Å². The Morgan fingerprint density at radius 2 is 1.30 bits per heavy atom. The summed E-state index contributed by atoms with van der Waals surface area (Å²) in [5.74, 6) is 0. The molecule has 0 spiro atoms. The first kappa shape index (κ1) is 32.4. The normalized spacial score (nSPS) is 27.2. The van der Waals surface area contributed by atoms with Gasteiger partial charge in [-0.05, 0) is 12.8 Å². The number of nitrogens with two attached hydrogens (primary N) is 1. The second-order valence-corrected chi connectivity index (χ2v) is 8.81. The van der Waals surface area contributed by atoms with Crippen molar-refractivity contribution in [3.63, 3.8) is 0 Å². The lowest BCUT2D eigenvalue weighted by atomic mass is 10.00. The van der Waals surface area contributed by atoms with E-state index < -0.39 is 49.5 Å². The highest BCUT2D eigenvalue weighted by Gasteiger charge is 2.42. The Labute approximate surface area is 198 Å². The third-order valence-electron chi connectivity index (χ3n) is 5.82. The molecule has 0 aliphatic carbocycles. The molecule has 1 saturated heterocycles. The topological polar surface area (TPSA) is 177 Å². The fourth-order valence-electron chi connectivity index (χ4n) is 3.49. The molecule has 1 rings (SSSR count). The number of allylic oxidation sites excluding steroid dienone is 1. The van der Waals surface area contributed by atoms with Crippen LogP contribution in [0, 0.1) is 0 Å². The molecule has 1 aliphatic rings. The predicted molar refractivity (Wildman–Crippen MR) is 127 cm³/mol. The number of rotatable bonds is 16. The van der Waals surface area contributed by atoms with Gasteiger partial charge < -0.3 is 46.2 Å². The van der Waals surface area contributed by atoms with Crippen molar-refractivity contribution in [3.05, 3.63) is 12.2 Å². The minimum Gasteiger partial charge on any atom is -0.395 e. The van der Waals surface area contributed by atoms with Gasteiger partial charge >= 0.3 is 0 Å². The van der Waals surface area contributed by atoms with Crippen molar-refractivity contribution < 1.29 is 40.5 Å². The van der Waals surface area contributed by atoms with Crippen molar-refractivity contribution in [2.75, 3.05) is 13.2 Å². The summed E-state index contributed by atoms with van der Waals surface area (Å²) in [6.45, 7) is 1.56. The third-order valence-corrected chi connectivity index (χ3v) is 5.82. The molecule has 0 radical (unpaired) electrons. The van der Waals surface area contributed by atoms with Gasteiger partial charge in [0.15, 0.2) is 6.29 Å². The highest BCUT2D eigenvalue weighted by Crippen LogP contribution is 2.19. The Balaban J connectivity index is 0.000000716. The van der Waals surface area contributed by atoms with Crippen molar-refractivity contribution in [2.24, 2.45) is 5.73 Å². The molecule has 7 atom stereocenters. The quantitative estimate of drug-likeness (QED) is 0.117. The average Bonchev–Trinajstić information content (AvgIpc) is 2.82. The lowest BCUT2D eigenvalue weighted by Gasteiger charge is -2.37. The van der Waals surface area contributed by atoms with Crippen molar-refractivity contribution in [2.45, 2.75) is 127 Å². The maximum Gasteiger partial charge on any atom is 0.184 e. The van der Waals surface area contributed by atoms with Gasteiger partial charge in [0, 0.05) is 0 Å². The van der Waals surface area contributed by atoms with E-state index in [2.05, 4.69) is 11.7 Å². The molecule has 0 saturated carbocycles. The van der Waals surface area contributed by atoms with Crippen LogP contribution < -0.4 is 5.73 Å². The smallest absolute Gasteiger partial charge is 0.184 e. The van der Waals surface area contributed by atoms with Gasteiger partial charge in [0.05, 0.1) is 25.4 Å². The summed E-state index contributed by atoms with van der Waals surface area (Å²) in [4.78, 5) is 0. The first-order chi connectivity index (χ1) is 15.8. The molecule has 9 heteroatoms. The number of hydrogen-bond donors (Lipinski definition) is 8. The van der Waals surface area contributed by atoms with Crippen LogP contribution in [0.2, 0.25) is 0 Å². The van der Waals surface area contributed by atoms with E-state index in [9.17, 15) is 5.11 Å². The lowest BCUT2D eigenvalue weighted by molar-refractivity contribution is -0.286. The van der Waals surface area contributed by atoms with Crippen LogP contribution in [0.3, 0.4) is 0 Å². The Morgan fingerprint density at radius 3 is 1.79 bits per heavy atom. The summed E-state index contributed by atoms with van der Waals surface area (Å²) in [6, 6.07) is -0.557. The van der Waals surface area contributed by atoms with Crippen LogP contribution in [0.4, 0.5) is 0 Å². The molecule has 0 bridgehead atoms. The van der Waals surface area contributed by atoms with Crippen LogP contribution >= 0.6 is 0 Å². The van der Waals surface area contributed by atoms with E-state index in [4.69, 9.17) is 36.4 Å². The highest BCUT2D eigenvalue weighted by molar-refractivity contribution is 4.93. The molecule has 0 aromatic heterocycles. The molecular formula is C24H49NO8. The number of hydrogen-bond acceptors (Lipinski definition) is 9. The molecule has 0 aromatic carbocycles. The second-order valence-electron chi connectivity index (χ2n) is 8.81. The standard InChI is InChI=1S/C18H37NO2.C6H12O6/c1-2-3-4-5-6-7-8-9-10-11-12-13-14-15-18(21)17(19)16-20;7-1-2-3(8)4(9)5(10)6(11)12-2/h14-15,17-18,20-21H,2-13,16,19H2,1H3;2-11H,1H2/b15-14+;/t17-,18+;2-,3-,4+,5-,6-/m01/s1. The summed E-state index contributed by atoms with van der Waals surface area (Å²) in [5, 5.41) is 63.0. The first-order valence-electron chi connectivity index (χ1n) is 12.5. The van der Waals surface area contributed by atoms with Crippen molar-refractivity contribution in [1.29, 1.82) is 0 Å². The Bertz CT molecular complexity index is 463. The maximum absolute atomic E-state index is 9.52. The summed E-state index contributed by atoms with van der Waals surface area (Å²) in [7, 11) is 0. The minimum absolute atomic E-state index is 0.177. The molecular weight excluding hydrogens is 430 g/mol. The fraction of sp³-hybridized carbons (Fsp3) is 0.917. The maximum atomic E-state index is 9.52. The zero-order valence-corrected chi connectivity index (χ0v) is 20.2. The van der Waals surface area contributed by atoms with Crippen LogP contribution in [0.25, 0.3) is 0 Å². The lowest BCUT2D eigenvalue weighted by Crippen LogP contribution is -2.58. The number of unbranched alkanes of at least 4 members (excludes halogenated alkanes) is 11. The molecule has 1 aliphatic heterocycles. The van der Waals surface area contributed by atoms with Crippen molar-refractivity contribution in [1.82, 2.24) is 0 Å². The molecule has 1 heterocycles. The molecule has 0 amide bonds. The molecule has 198 valence electrons. The molecule has 33 heavy (non-hydrogen) atoms. The summed E-state index contributed by atoms with van der Waals surface area (Å²) >= 11 is 0. The van der Waals surface area contributed by atoms with E-state index >= 15 is 0 Å². The van der Waals surface area contributed by atoms with Gasteiger partial charge in [-0.15, -0.1) is 0 Å². The monoisotopic (exact) mass is 479 g/mol. The van der Waals surface area contributed by atoms with Crippen molar-refractivity contribution in [3.8, 4) is 0 Å². The molecule has 0 unspecified atom stereocenters. The number of aliphatic hydroxyl groups is 7. The second kappa shape index (κ2) is 20.7. The van der Waals surface area contributed by atoms with Gasteiger partial charge in [0.25, 0.3) is 0 Å². The van der Waals surface area contributed by atoms with Gasteiger partial charge in [0.1, 0.15) is 24.4 Å². The zero-order valence-electron chi connectivity index (χ0n) is 20.2. The largest absolute Gasteiger partial charge is 0.395 e. The van der Waals surface area contributed by atoms with Crippen molar-refractivity contribution >= 4 is 0 Å². The third kappa shape index (κ3) is 15.1. The molecule has 0 aromatic rings. The van der Waals surface area contributed by atoms with Gasteiger partial charge in [-0.2, -0.15) is 0 Å². The first-order valence-corrected chi connectivity index (χ1v) is 12.5. The van der Waals surface area contributed by atoms with Gasteiger partial charge in [-0.25, -0.2) is 0 Å². The molecule has 9 N–H and O–H groups in total. The summed E-state index contributed by atoms with van der Waals surface area (Å²) < 4.78 is 4.58. The fourth-order valence-corrected chi connectivity index (χ4v) is 3.49. The number of aliphatic hydroxyl groups excluding tert-OH is 7. The molecule has 9 nitrogen and oxygen atoms in total. The van der Waals surface area contributed by atoms with Crippen LogP contribution in [-0.2, 0) is 4.74 Å². The summed E-state index contributed by atoms with van der Waals surface area (Å²) in [5.41, 5.74) is 5.51. The predicted octanol–water partition coefficient (Wildman–Crippen LogP) is 0.703. The SMILES string of the molecule is CCCCCCCCCCCCC/C=C/[C@@H](O)[C@@H](N)CO.OC[C@H]1O[C@@H](O)[C@H](O)[C@@H](O)[C@@H]1O. The van der Waals surface area contributed by atoms with Crippen LogP contribution in [0.1, 0.15) is 84.0 Å². The Hall–Kier alpha value is -0.620. The van der Waals surface area contributed by atoms with Crippen LogP contribution in [0.5, 0.6) is 0 Å². The Morgan fingerprint density at radius 1 is 0.788 bits per heavy atom. The van der Waals surface area contributed by atoms with E-state index in [-0.39, 0.29) is 6.61 Å². The molecule has 1 fully saturated rings. The van der Waals surface area contributed by atoms with Gasteiger partial charge in [-0.3, -0.25) is 0 Å². The Kier molecular flexibility index (Phi) is 20.3. The number of ether oxygens (including phenoxy) is 1. The van der Waals surface area contributed by atoms with E-state index in [0.29, 0.717) is 0 Å². The summed E-state index contributed by atoms with van der Waals surface area (Å²) in [6.07, 6.45) is 11.8. The van der Waals surface area contributed by atoms with Gasteiger partial charge in [-0.1, -0.05) is 83.3 Å². The zero-order chi connectivity index (χ0) is 25.1. The van der Waals surface area contributed by atoms with Crippen LogP contribution in [-0.4, -0.2) is 91.8 Å². The van der Waals surface area contributed by atoms with E-state index in [1.165, 1.54) is 70.6 Å².